The van der Waals surface area contributed by atoms with Gasteiger partial charge in [-0.1, -0.05) is 23.7 Å². The molecular formula is C15H11ClO5. The first kappa shape index (κ1) is 14.9. The van der Waals surface area contributed by atoms with E-state index >= 15 is 0 Å². The minimum atomic E-state index is -1.24. The number of ether oxygens (including phenoxy) is 2. The number of rotatable bonds is 4. The monoisotopic (exact) mass is 306 g/mol. The van der Waals surface area contributed by atoms with Crippen molar-refractivity contribution in [3.63, 3.8) is 0 Å². The van der Waals surface area contributed by atoms with Crippen molar-refractivity contribution >= 4 is 23.5 Å². The molecule has 0 bridgehead atoms. The number of methoxy groups -OCH3 is 1. The van der Waals surface area contributed by atoms with E-state index in [1.165, 1.54) is 31.4 Å². The zero-order chi connectivity index (χ0) is 15.4. The molecule has 0 saturated heterocycles. The van der Waals surface area contributed by atoms with E-state index in [-0.39, 0.29) is 21.9 Å². The molecule has 0 aliphatic heterocycles. The van der Waals surface area contributed by atoms with Crippen LogP contribution in [0.4, 0.5) is 0 Å². The van der Waals surface area contributed by atoms with Gasteiger partial charge in [0.15, 0.2) is 0 Å². The summed E-state index contributed by atoms with van der Waals surface area (Å²) in [5.41, 5.74) is 0.0111. The van der Waals surface area contributed by atoms with Crippen LogP contribution in [0.3, 0.4) is 0 Å². The molecule has 0 heterocycles. The number of carbonyl (C=O) groups is 2. The summed E-state index contributed by atoms with van der Waals surface area (Å²) in [7, 11) is 1.43. The minimum absolute atomic E-state index is 0.0807. The Bertz CT molecular complexity index is 696. The largest absolute Gasteiger partial charge is 0.496 e. The maximum Gasteiger partial charge on any atom is 0.347 e. The predicted octanol–water partition coefficient (Wildman–Crippen LogP) is 3.27. The van der Waals surface area contributed by atoms with Crippen molar-refractivity contribution in [2.75, 3.05) is 7.11 Å². The molecule has 21 heavy (non-hydrogen) atoms. The van der Waals surface area contributed by atoms with Crippen molar-refractivity contribution in [3.05, 3.63) is 58.6 Å². The first-order valence-electron chi connectivity index (χ1n) is 5.91. The molecule has 2 rings (SSSR count). The summed E-state index contributed by atoms with van der Waals surface area (Å²) in [5.74, 6) is -1.69. The zero-order valence-electron chi connectivity index (χ0n) is 11.0. The number of carboxylic acid groups (broad SMARTS) is 1. The second-order valence-electron chi connectivity index (χ2n) is 4.04. The van der Waals surface area contributed by atoms with Gasteiger partial charge in [-0.2, -0.15) is 0 Å². The highest BCUT2D eigenvalue weighted by atomic mass is 35.5. The van der Waals surface area contributed by atoms with E-state index in [1.807, 2.05) is 0 Å². The molecule has 0 fully saturated rings. The Kier molecular flexibility index (Phi) is 4.45. The Morgan fingerprint density at radius 2 is 1.76 bits per heavy atom. The summed E-state index contributed by atoms with van der Waals surface area (Å²) in [4.78, 5) is 23.3. The highest BCUT2D eigenvalue weighted by Gasteiger charge is 2.18. The number of carbonyl (C=O) groups excluding carboxylic acids is 1. The van der Waals surface area contributed by atoms with E-state index in [0.717, 1.165) is 0 Å². The van der Waals surface area contributed by atoms with Gasteiger partial charge >= 0.3 is 11.9 Å². The van der Waals surface area contributed by atoms with Crippen LogP contribution < -0.4 is 9.47 Å². The average Bonchev–Trinajstić information content (AvgIpc) is 2.48. The third-order valence-electron chi connectivity index (χ3n) is 2.70. The Hall–Kier alpha value is -2.53. The van der Waals surface area contributed by atoms with E-state index in [2.05, 4.69) is 0 Å². The highest BCUT2D eigenvalue weighted by molar-refractivity contribution is 6.31. The van der Waals surface area contributed by atoms with Crippen molar-refractivity contribution in [2.24, 2.45) is 0 Å². The minimum Gasteiger partial charge on any atom is -0.496 e. The molecule has 108 valence electrons. The fraction of sp³-hybridized carbons (Fsp3) is 0.0667. The lowest BCUT2D eigenvalue weighted by atomic mass is 10.2. The lowest BCUT2D eigenvalue weighted by molar-refractivity contribution is 0.0681. The lowest BCUT2D eigenvalue weighted by Crippen LogP contribution is -2.12. The molecule has 0 amide bonds. The highest BCUT2D eigenvalue weighted by Crippen LogP contribution is 2.25. The van der Waals surface area contributed by atoms with Crippen LogP contribution in [-0.2, 0) is 0 Å². The molecule has 0 atom stereocenters. The van der Waals surface area contributed by atoms with Crippen LogP contribution in [0, 0.1) is 0 Å². The molecule has 5 nitrogen and oxygen atoms in total. The molecule has 0 spiro atoms. The molecule has 1 N–H and O–H groups in total. The van der Waals surface area contributed by atoms with Crippen molar-refractivity contribution in [1.82, 2.24) is 0 Å². The van der Waals surface area contributed by atoms with E-state index in [0.29, 0.717) is 5.75 Å². The molecule has 0 aliphatic carbocycles. The van der Waals surface area contributed by atoms with Crippen LogP contribution in [0.15, 0.2) is 42.5 Å². The zero-order valence-corrected chi connectivity index (χ0v) is 11.8. The topological polar surface area (TPSA) is 72.8 Å². The maximum atomic E-state index is 12.1. The Morgan fingerprint density at radius 3 is 2.43 bits per heavy atom. The number of aromatic carboxylic acids is 1. The molecule has 0 saturated carbocycles. The standard InChI is InChI=1S/C15H11ClO5/c1-20-12-5-3-2-4-10(12)15(19)21-13-7-6-9(16)8-11(13)14(17)18/h2-8H,1H3,(H,17,18). The van der Waals surface area contributed by atoms with E-state index in [1.54, 1.807) is 18.2 Å². The second-order valence-corrected chi connectivity index (χ2v) is 4.47. The normalized spacial score (nSPS) is 10.0. The first-order valence-corrected chi connectivity index (χ1v) is 6.28. The summed E-state index contributed by atoms with van der Waals surface area (Å²) >= 11 is 5.74. The van der Waals surface area contributed by atoms with E-state index < -0.39 is 11.9 Å². The van der Waals surface area contributed by atoms with Crippen molar-refractivity contribution < 1.29 is 24.2 Å². The van der Waals surface area contributed by atoms with Crippen LogP contribution in [0.25, 0.3) is 0 Å². The fourth-order valence-electron chi connectivity index (χ4n) is 1.73. The Morgan fingerprint density at radius 1 is 1.05 bits per heavy atom. The smallest absolute Gasteiger partial charge is 0.347 e. The molecule has 6 heteroatoms. The number of benzene rings is 2. The fourth-order valence-corrected chi connectivity index (χ4v) is 1.90. The SMILES string of the molecule is COc1ccccc1C(=O)Oc1ccc(Cl)cc1C(=O)O. The first-order chi connectivity index (χ1) is 10.0. The van der Waals surface area contributed by atoms with Gasteiger partial charge in [-0.3, -0.25) is 0 Å². The maximum absolute atomic E-state index is 12.1. The summed E-state index contributed by atoms with van der Waals surface area (Å²) < 4.78 is 10.2. The summed E-state index contributed by atoms with van der Waals surface area (Å²) in [5, 5.41) is 9.34. The number of carboxylic acids is 1. The third kappa shape index (κ3) is 3.32. The summed E-state index contributed by atoms with van der Waals surface area (Å²) in [6.45, 7) is 0. The molecule has 2 aromatic carbocycles. The van der Waals surface area contributed by atoms with Gasteiger partial charge in [0, 0.05) is 5.02 Å². The van der Waals surface area contributed by atoms with Gasteiger partial charge in [-0.15, -0.1) is 0 Å². The second kappa shape index (κ2) is 6.28. The third-order valence-corrected chi connectivity index (χ3v) is 2.94. The van der Waals surface area contributed by atoms with E-state index in [4.69, 9.17) is 26.2 Å². The summed E-state index contributed by atoms with van der Waals surface area (Å²) in [6.07, 6.45) is 0. The van der Waals surface area contributed by atoms with Crippen molar-refractivity contribution in [1.29, 1.82) is 0 Å². The molecule has 0 unspecified atom stereocenters. The van der Waals surface area contributed by atoms with Gasteiger partial charge in [0.1, 0.15) is 22.6 Å². The van der Waals surface area contributed by atoms with Crippen LogP contribution >= 0.6 is 11.6 Å². The Balaban J connectivity index is 2.34. The summed E-state index contributed by atoms with van der Waals surface area (Å²) in [6, 6.07) is 10.5. The number of para-hydroxylation sites is 1. The van der Waals surface area contributed by atoms with Crippen LogP contribution in [0.2, 0.25) is 5.02 Å². The predicted molar refractivity (Wildman–Crippen MR) is 76.4 cm³/mol. The number of halogens is 1. The molecular weight excluding hydrogens is 296 g/mol. The Labute approximate surface area is 125 Å². The van der Waals surface area contributed by atoms with Gasteiger partial charge in [-0.05, 0) is 30.3 Å². The molecule has 0 aliphatic rings. The van der Waals surface area contributed by atoms with E-state index in [9.17, 15) is 9.59 Å². The van der Waals surface area contributed by atoms with Gasteiger partial charge < -0.3 is 14.6 Å². The van der Waals surface area contributed by atoms with Gasteiger partial charge in [0.25, 0.3) is 0 Å². The van der Waals surface area contributed by atoms with Crippen LogP contribution in [-0.4, -0.2) is 24.2 Å². The van der Waals surface area contributed by atoms with Gasteiger partial charge in [-0.25, -0.2) is 9.59 Å². The van der Waals surface area contributed by atoms with Gasteiger partial charge in [0.2, 0.25) is 0 Å². The molecule has 0 aromatic heterocycles. The number of hydrogen-bond donors (Lipinski definition) is 1. The van der Waals surface area contributed by atoms with Gasteiger partial charge in [0.05, 0.1) is 7.11 Å². The molecule has 2 aromatic rings. The van der Waals surface area contributed by atoms with Crippen LogP contribution in [0.1, 0.15) is 20.7 Å². The number of esters is 1. The quantitative estimate of drug-likeness (QED) is 0.693. The number of hydrogen-bond acceptors (Lipinski definition) is 4. The van der Waals surface area contributed by atoms with Crippen molar-refractivity contribution in [3.8, 4) is 11.5 Å². The van der Waals surface area contributed by atoms with Crippen molar-refractivity contribution in [2.45, 2.75) is 0 Å². The average molecular weight is 307 g/mol. The van der Waals surface area contributed by atoms with Crippen LogP contribution in [0.5, 0.6) is 11.5 Å². The molecule has 0 radical (unpaired) electrons. The lowest BCUT2D eigenvalue weighted by Gasteiger charge is -2.10.